The van der Waals surface area contributed by atoms with Gasteiger partial charge in [0.1, 0.15) is 0 Å². The van der Waals surface area contributed by atoms with E-state index in [1.807, 2.05) is 0 Å². The first-order chi connectivity index (χ1) is 6.45. The van der Waals surface area contributed by atoms with Crippen molar-refractivity contribution in [2.24, 2.45) is 0 Å². The molecule has 0 aliphatic heterocycles. The van der Waals surface area contributed by atoms with Crippen molar-refractivity contribution in [1.29, 1.82) is 0 Å². The van der Waals surface area contributed by atoms with Gasteiger partial charge in [0.15, 0.2) is 0 Å². The minimum Gasteiger partial charge on any atom is -0.106 e. The Balaban J connectivity index is 0.000000396. The van der Waals surface area contributed by atoms with E-state index in [1.165, 1.54) is 12.8 Å². The Bertz CT molecular complexity index is 251. The third-order valence-electron chi connectivity index (χ3n) is 1.86. The van der Waals surface area contributed by atoms with Crippen molar-refractivity contribution in [3.05, 3.63) is 56.2 Å². The van der Waals surface area contributed by atoms with Gasteiger partial charge in [-0.05, 0) is 0 Å². The van der Waals surface area contributed by atoms with Crippen LogP contribution < -0.4 is 0 Å². The van der Waals surface area contributed by atoms with Gasteiger partial charge in [0.25, 0.3) is 0 Å². The minimum absolute atomic E-state index is 0.312. The second-order valence-corrected chi connectivity index (χ2v) is 6.55. The summed E-state index contributed by atoms with van der Waals surface area (Å²) in [5, 5.41) is 0. The molecule has 0 unspecified atom stereocenters. The molecular formula is C12H14Zr. The van der Waals surface area contributed by atoms with Gasteiger partial charge >= 0.3 is 79.1 Å². The first-order valence-corrected chi connectivity index (χ1v) is 6.89. The molecule has 0 heterocycles. The van der Waals surface area contributed by atoms with E-state index in [4.69, 9.17) is 0 Å². The van der Waals surface area contributed by atoms with Crippen LogP contribution in [0.1, 0.15) is 12.8 Å². The van der Waals surface area contributed by atoms with Crippen LogP contribution in [0.15, 0.2) is 56.2 Å². The van der Waals surface area contributed by atoms with Gasteiger partial charge in [0.05, 0.1) is 0 Å². The summed E-state index contributed by atoms with van der Waals surface area (Å²) in [6, 6.07) is 0. The maximum Gasteiger partial charge on any atom is -0.106 e. The maximum absolute atomic E-state index is 3.00. The summed E-state index contributed by atoms with van der Waals surface area (Å²) in [4.78, 5) is 0. The minimum atomic E-state index is -0.312. The standard InChI is InChI=1S/2C5H5.C2H4.Zr/c2*1-2-4-5-3-1;1-2;/h2*1-3H,4H2;1-2H2;. The fraction of sp³-hybridized carbons (Fsp3) is 0.167. The van der Waals surface area contributed by atoms with Crippen LogP contribution in [0.25, 0.3) is 0 Å². The predicted octanol–water partition coefficient (Wildman–Crippen LogP) is 3.56. The zero-order valence-electron chi connectivity index (χ0n) is 7.79. The maximum atomic E-state index is 3.00. The van der Waals surface area contributed by atoms with Gasteiger partial charge in [-0.25, -0.2) is 0 Å². The van der Waals surface area contributed by atoms with Crippen molar-refractivity contribution in [2.45, 2.75) is 12.8 Å². The normalized spacial score (nSPS) is 17.5. The molecule has 0 bridgehead atoms. The largest absolute Gasteiger partial charge is 0.106 e. The molecule has 0 fully saturated rings. The molecule has 2 rings (SSSR count). The molecule has 0 aromatic rings. The van der Waals surface area contributed by atoms with E-state index in [9.17, 15) is 0 Å². The van der Waals surface area contributed by atoms with E-state index in [-0.39, 0.29) is 23.2 Å². The molecule has 13 heavy (non-hydrogen) atoms. The predicted molar refractivity (Wildman–Crippen MR) is 54.9 cm³/mol. The van der Waals surface area contributed by atoms with Crippen LogP contribution in [0.5, 0.6) is 0 Å². The Morgan fingerprint density at radius 1 is 0.923 bits per heavy atom. The van der Waals surface area contributed by atoms with E-state index in [0.717, 1.165) is 0 Å². The molecule has 0 radical (unpaired) electrons. The SMILES string of the molecule is C1=CC[C]([Zr][C]2=CC=CC2)=C1.C=C. The van der Waals surface area contributed by atoms with E-state index >= 15 is 0 Å². The number of hydrogen-bond donors (Lipinski definition) is 0. The molecular weight excluding hydrogens is 235 g/mol. The summed E-state index contributed by atoms with van der Waals surface area (Å²) in [6.45, 7) is 6.00. The third kappa shape index (κ3) is 3.44. The molecule has 66 valence electrons. The Morgan fingerprint density at radius 2 is 1.38 bits per heavy atom. The van der Waals surface area contributed by atoms with Gasteiger partial charge in [-0.2, -0.15) is 0 Å². The van der Waals surface area contributed by atoms with Gasteiger partial charge in [-0.15, -0.1) is 13.2 Å². The summed E-state index contributed by atoms with van der Waals surface area (Å²) >= 11 is -0.312. The van der Waals surface area contributed by atoms with Crippen molar-refractivity contribution in [3.63, 3.8) is 0 Å². The topological polar surface area (TPSA) is 0 Å². The Morgan fingerprint density at radius 3 is 1.69 bits per heavy atom. The average Bonchev–Trinajstić information content (AvgIpc) is 2.81. The van der Waals surface area contributed by atoms with Gasteiger partial charge in [0.2, 0.25) is 0 Å². The average molecular weight is 249 g/mol. The zero-order chi connectivity index (χ0) is 9.52. The molecule has 1 heteroatoms. The molecule has 0 aromatic carbocycles. The molecule has 0 aromatic heterocycles. The van der Waals surface area contributed by atoms with E-state index < -0.39 is 0 Å². The van der Waals surface area contributed by atoms with Gasteiger partial charge < -0.3 is 0 Å². The molecule has 0 atom stereocenters. The summed E-state index contributed by atoms with van der Waals surface area (Å²) in [5.41, 5.74) is 0. The molecule has 0 spiro atoms. The van der Waals surface area contributed by atoms with Crippen LogP contribution in [0.4, 0.5) is 0 Å². The van der Waals surface area contributed by atoms with Crippen LogP contribution in [0.2, 0.25) is 0 Å². The van der Waals surface area contributed by atoms with E-state index in [2.05, 4.69) is 49.6 Å². The van der Waals surface area contributed by atoms with Crippen LogP contribution in [0.3, 0.4) is 0 Å². The fourth-order valence-electron chi connectivity index (χ4n) is 1.29. The van der Waals surface area contributed by atoms with Crippen molar-refractivity contribution in [3.8, 4) is 0 Å². The van der Waals surface area contributed by atoms with Crippen molar-refractivity contribution in [1.82, 2.24) is 0 Å². The molecule has 0 nitrogen and oxygen atoms in total. The van der Waals surface area contributed by atoms with Gasteiger partial charge in [-0.1, -0.05) is 0 Å². The van der Waals surface area contributed by atoms with Crippen molar-refractivity contribution < 1.29 is 23.2 Å². The summed E-state index contributed by atoms with van der Waals surface area (Å²) in [5.74, 6) is 0. The zero-order valence-corrected chi connectivity index (χ0v) is 10.3. The quantitative estimate of drug-likeness (QED) is 0.657. The smallest absolute Gasteiger partial charge is 0.106 e. The van der Waals surface area contributed by atoms with Crippen LogP contribution >= 0.6 is 0 Å². The number of allylic oxidation sites excluding steroid dienone is 8. The van der Waals surface area contributed by atoms with Gasteiger partial charge in [0, 0.05) is 0 Å². The third-order valence-corrected chi connectivity index (χ3v) is 5.27. The summed E-state index contributed by atoms with van der Waals surface area (Å²) in [6.07, 6.45) is 16.0. The first-order valence-electron chi connectivity index (χ1n) is 4.43. The van der Waals surface area contributed by atoms with Gasteiger partial charge in [-0.3, -0.25) is 0 Å². The monoisotopic (exact) mass is 248 g/mol. The van der Waals surface area contributed by atoms with Crippen LogP contribution in [-0.4, -0.2) is 0 Å². The molecule has 0 saturated carbocycles. The van der Waals surface area contributed by atoms with E-state index in [0.29, 0.717) is 0 Å². The van der Waals surface area contributed by atoms with Crippen LogP contribution in [0, 0.1) is 0 Å². The van der Waals surface area contributed by atoms with Crippen LogP contribution in [-0.2, 0) is 23.2 Å². The Labute approximate surface area is 92.0 Å². The summed E-state index contributed by atoms with van der Waals surface area (Å²) < 4.78 is 3.45. The first kappa shape index (κ1) is 10.7. The fourth-order valence-corrected chi connectivity index (χ4v) is 4.26. The number of hydrogen-bond acceptors (Lipinski definition) is 0. The second kappa shape index (κ2) is 6.10. The number of rotatable bonds is 2. The van der Waals surface area contributed by atoms with E-state index in [1.54, 1.807) is 6.56 Å². The molecule has 0 N–H and O–H groups in total. The van der Waals surface area contributed by atoms with Crippen molar-refractivity contribution >= 4 is 0 Å². The molecule has 2 aliphatic rings. The summed E-state index contributed by atoms with van der Waals surface area (Å²) in [7, 11) is 0. The molecule has 0 saturated heterocycles. The molecule has 2 aliphatic carbocycles. The van der Waals surface area contributed by atoms with Crippen molar-refractivity contribution in [2.75, 3.05) is 0 Å². The molecule has 0 amide bonds. The second-order valence-electron chi connectivity index (χ2n) is 2.77. The Kier molecular flexibility index (Phi) is 5.00. The Hall–Kier alpha value is -0.417.